The van der Waals surface area contributed by atoms with Crippen LogP contribution in [0.1, 0.15) is 0 Å². The van der Waals surface area contributed by atoms with E-state index in [2.05, 4.69) is 36.1 Å². The zero-order valence-corrected chi connectivity index (χ0v) is 10.0. The Kier molecular flexibility index (Phi) is 4.57. The third-order valence-electron chi connectivity index (χ3n) is 2.06. The molecule has 0 unspecified atom stereocenters. The van der Waals surface area contributed by atoms with E-state index in [1.54, 1.807) is 6.33 Å². The van der Waals surface area contributed by atoms with Crippen molar-refractivity contribution >= 4 is 34.2 Å². The number of anilines is 1. The van der Waals surface area contributed by atoms with Gasteiger partial charge in [0, 0.05) is 32.2 Å². The van der Waals surface area contributed by atoms with Gasteiger partial charge in [0.1, 0.15) is 16.7 Å². The molecule has 1 N–H and O–H groups in total. The summed E-state index contributed by atoms with van der Waals surface area (Å²) in [7, 11) is 0. The fourth-order valence-corrected chi connectivity index (χ4v) is 1.69. The molecule has 0 bridgehead atoms. The summed E-state index contributed by atoms with van der Waals surface area (Å²) in [5.74, 6) is 1.00. The topological polar surface area (TPSA) is 41.0 Å². The van der Waals surface area contributed by atoms with Crippen LogP contribution in [-0.2, 0) is 0 Å². The Bertz CT molecular complexity index is 290. The molecule has 6 heteroatoms. The number of hydrogen-bond acceptors (Lipinski definition) is 4. The summed E-state index contributed by atoms with van der Waals surface area (Å²) in [5, 5.41) is 3.30. The van der Waals surface area contributed by atoms with Gasteiger partial charge in [-0.15, -0.1) is 12.4 Å². The molecule has 0 aliphatic carbocycles. The van der Waals surface area contributed by atoms with E-state index in [1.807, 2.05) is 6.07 Å². The SMILES string of the molecule is Brc1cc(N2CCNCC2)ncn1.Cl. The second-order valence-electron chi connectivity index (χ2n) is 2.94. The highest BCUT2D eigenvalue weighted by molar-refractivity contribution is 9.10. The molecule has 1 fully saturated rings. The Morgan fingerprint density at radius 2 is 2.00 bits per heavy atom. The third-order valence-corrected chi connectivity index (χ3v) is 2.49. The monoisotopic (exact) mass is 278 g/mol. The van der Waals surface area contributed by atoms with Crippen LogP contribution in [0.15, 0.2) is 17.0 Å². The largest absolute Gasteiger partial charge is 0.354 e. The second kappa shape index (κ2) is 5.48. The molecular weight excluding hydrogens is 267 g/mol. The van der Waals surface area contributed by atoms with Gasteiger partial charge in [-0.3, -0.25) is 0 Å². The molecule has 1 aliphatic rings. The number of halogens is 2. The average molecular weight is 280 g/mol. The first-order valence-electron chi connectivity index (χ1n) is 4.29. The van der Waals surface area contributed by atoms with Gasteiger partial charge in [0.25, 0.3) is 0 Å². The van der Waals surface area contributed by atoms with Crippen LogP contribution in [-0.4, -0.2) is 36.1 Å². The van der Waals surface area contributed by atoms with Crippen LogP contribution in [0.2, 0.25) is 0 Å². The van der Waals surface area contributed by atoms with Crippen LogP contribution in [0.3, 0.4) is 0 Å². The quantitative estimate of drug-likeness (QED) is 0.781. The maximum absolute atomic E-state index is 4.22. The highest BCUT2D eigenvalue weighted by Crippen LogP contribution is 2.14. The Balaban J connectivity index is 0.000000980. The summed E-state index contributed by atoms with van der Waals surface area (Å²) in [6, 6.07) is 1.95. The first-order chi connectivity index (χ1) is 6.36. The fraction of sp³-hybridized carbons (Fsp3) is 0.500. The molecule has 1 aromatic rings. The first kappa shape index (κ1) is 11.7. The minimum atomic E-state index is 0. The summed E-state index contributed by atoms with van der Waals surface area (Å²) in [4.78, 5) is 10.5. The van der Waals surface area contributed by atoms with Crippen LogP contribution in [0, 0.1) is 0 Å². The zero-order valence-electron chi connectivity index (χ0n) is 7.61. The van der Waals surface area contributed by atoms with Crippen LogP contribution in [0.5, 0.6) is 0 Å². The van der Waals surface area contributed by atoms with Gasteiger partial charge in [-0.25, -0.2) is 9.97 Å². The second-order valence-corrected chi connectivity index (χ2v) is 3.75. The molecule has 1 saturated heterocycles. The summed E-state index contributed by atoms with van der Waals surface area (Å²) >= 11 is 3.34. The van der Waals surface area contributed by atoms with Crippen molar-refractivity contribution in [3.63, 3.8) is 0 Å². The van der Waals surface area contributed by atoms with E-state index in [-0.39, 0.29) is 12.4 Å². The van der Waals surface area contributed by atoms with Crippen LogP contribution in [0.4, 0.5) is 5.82 Å². The number of nitrogens with zero attached hydrogens (tertiary/aromatic N) is 3. The summed E-state index contributed by atoms with van der Waals surface area (Å²) in [6.07, 6.45) is 1.58. The Labute approximate surface area is 97.7 Å². The van der Waals surface area contributed by atoms with Crippen molar-refractivity contribution in [1.29, 1.82) is 0 Å². The van der Waals surface area contributed by atoms with Crippen LogP contribution in [0.25, 0.3) is 0 Å². The van der Waals surface area contributed by atoms with Gasteiger partial charge in [0.2, 0.25) is 0 Å². The van der Waals surface area contributed by atoms with Gasteiger partial charge in [-0.1, -0.05) is 0 Å². The Morgan fingerprint density at radius 1 is 1.29 bits per heavy atom. The molecule has 0 atom stereocenters. The molecule has 2 heterocycles. The molecule has 0 saturated carbocycles. The molecule has 0 spiro atoms. The molecule has 4 nitrogen and oxygen atoms in total. The molecule has 0 amide bonds. The van der Waals surface area contributed by atoms with Gasteiger partial charge in [-0.05, 0) is 15.9 Å². The van der Waals surface area contributed by atoms with E-state index in [1.165, 1.54) is 0 Å². The van der Waals surface area contributed by atoms with Gasteiger partial charge < -0.3 is 10.2 Å². The van der Waals surface area contributed by atoms with E-state index in [9.17, 15) is 0 Å². The number of piperazine rings is 1. The highest BCUT2D eigenvalue weighted by atomic mass is 79.9. The Hall–Kier alpha value is -0.390. The summed E-state index contributed by atoms with van der Waals surface area (Å²) in [6.45, 7) is 4.09. The zero-order chi connectivity index (χ0) is 9.10. The lowest BCUT2D eigenvalue weighted by Gasteiger charge is -2.28. The number of aromatic nitrogens is 2. The van der Waals surface area contributed by atoms with Gasteiger partial charge in [0.05, 0.1) is 0 Å². The fourth-order valence-electron chi connectivity index (χ4n) is 1.39. The predicted molar refractivity (Wildman–Crippen MR) is 62.1 cm³/mol. The molecule has 1 aromatic heterocycles. The van der Waals surface area contributed by atoms with Crippen molar-refractivity contribution in [3.05, 3.63) is 17.0 Å². The maximum atomic E-state index is 4.22. The normalized spacial score (nSPS) is 16.2. The van der Waals surface area contributed by atoms with E-state index < -0.39 is 0 Å². The van der Waals surface area contributed by atoms with Crippen molar-refractivity contribution in [2.75, 3.05) is 31.1 Å². The third kappa shape index (κ3) is 2.80. The van der Waals surface area contributed by atoms with E-state index >= 15 is 0 Å². The van der Waals surface area contributed by atoms with Crippen molar-refractivity contribution in [1.82, 2.24) is 15.3 Å². The van der Waals surface area contributed by atoms with E-state index in [0.29, 0.717) is 0 Å². The van der Waals surface area contributed by atoms with Gasteiger partial charge in [-0.2, -0.15) is 0 Å². The van der Waals surface area contributed by atoms with Crippen molar-refractivity contribution in [2.45, 2.75) is 0 Å². The lowest BCUT2D eigenvalue weighted by Crippen LogP contribution is -2.43. The molecule has 1 aliphatic heterocycles. The number of rotatable bonds is 1. The standard InChI is InChI=1S/C8H11BrN4.ClH/c9-7-5-8(12-6-11-7)13-3-1-10-2-4-13;/h5-6,10H,1-4H2;1H. The summed E-state index contributed by atoms with van der Waals surface area (Å²) < 4.78 is 0.844. The molecule has 0 radical (unpaired) electrons. The highest BCUT2D eigenvalue weighted by Gasteiger charge is 2.11. The van der Waals surface area contributed by atoms with Gasteiger partial charge >= 0.3 is 0 Å². The van der Waals surface area contributed by atoms with Gasteiger partial charge in [0.15, 0.2) is 0 Å². The summed E-state index contributed by atoms with van der Waals surface area (Å²) in [5.41, 5.74) is 0. The van der Waals surface area contributed by atoms with Crippen molar-refractivity contribution in [2.24, 2.45) is 0 Å². The molecule has 78 valence electrons. The molecule has 2 rings (SSSR count). The minimum Gasteiger partial charge on any atom is -0.354 e. The number of nitrogens with one attached hydrogen (secondary N) is 1. The van der Waals surface area contributed by atoms with Crippen molar-refractivity contribution in [3.8, 4) is 0 Å². The lowest BCUT2D eigenvalue weighted by molar-refractivity contribution is 0.584. The van der Waals surface area contributed by atoms with Crippen LogP contribution < -0.4 is 10.2 Å². The van der Waals surface area contributed by atoms with E-state index in [4.69, 9.17) is 0 Å². The molecule has 0 aromatic carbocycles. The number of hydrogen-bond donors (Lipinski definition) is 1. The van der Waals surface area contributed by atoms with E-state index in [0.717, 1.165) is 36.6 Å². The first-order valence-corrected chi connectivity index (χ1v) is 5.09. The minimum absolute atomic E-state index is 0. The lowest BCUT2D eigenvalue weighted by atomic mass is 10.3. The smallest absolute Gasteiger partial charge is 0.133 e. The molecule has 14 heavy (non-hydrogen) atoms. The average Bonchev–Trinajstić information content (AvgIpc) is 2.19. The van der Waals surface area contributed by atoms with Crippen LogP contribution >= 0.6 is 28.3 Å². The Morgan fingerprint density at radius 3 is 2.64 bits per heavy atom. The maximum Gasteiger partial charge on any atom is 0.133 e. The van der Waals surface area contributed by atoms with Crippen molar-refractivity contribution < 1.29 is 0 Å². The predicted octanol–water partition coefficient (Wildman–Crippen LogP) is 1.07. The molecular formula is C8H12BrClN4.